The van der Waals surface area contributed by atoms with Gasteiger partial charge in [-0.3, -0.25) is 15.4 Å². The standard InChI is InChI=1S/C12H12N2.C12H9N.C11H9Cl.C11H9F.C10H9N.C10H13N.2C9H10N2O.C9H8N2/c1-8-6-9-4-2-3-5-10(9)7-11(8)12(13)14;1-9-6-10-4-2-3-5-11(10)7-12(9)8-13;1-8-2-3-10-7-11(12)5-4-9(10)6-8;1-8-6-9-4-2-3-5-10(9)7-11(8)12;1-8-4-5-9-3-2-6-11-10(9)7-8;1-8-6-7-9-4-2-3-5-10(9)11-8;2*1-6-2-3-7-5-12-11-9(10)8(7)4-6;1-7-4-5-8-3-2-6-10-9(8)11-7/h2-7H,1H3,(H3,13,14);2-7H,1H3;2*2-7H,1H3;2-7H,1H3;6-7H,2-5H2,1H3;2*2-4H,5H2,1H3,(H2,10,11);2-6H,1H3. The maximum atomic E-state index is 13.0. The number of hydrogen-bond donors (Lipinski definition) is 4. The smallest absolute Gasteiger partial charge is 0.170 e. The van der Waals surface area contributed by atoms with Gasteiger partial charge in [-0.15, -0.1) is 0 Å². The number of amidine groups is 3. The van der Waals surface area contributed by atoms with E-state index in [1.165, 1.54) is 86.1 Å². The highest BCUT2D eigenvalue weighted by Gasteiger charge is 2.14. The molecule has 0 saturated carbocycles. The van der Waals surface area contributed by atoms with Crippen molar-refractivity contribution in [3.63, 3.8) is 0 Å². The Bertz CT molecular complexity index is 5560. The number of halogens is 2. The van der Waals surface area contributed by atoms with Gasteiger partial charge >= 0.3 is 0 Å². The number of oxime groups is 2. The summed E-state index contributed by atoms with van der Waals surface area (Å²) in [4.78, 5) is 27.0. The van der Waals surface area contributed by atoms with Crippen LogP contribution in [0.25, 0.3) is 65.0 Å². The number of nitriles is 1. The van der Waals surface area contributed by atoms with Crippen LogP contribution in [0, 0.1) is 84.9 Å². The number of aromatic nitrogens is 4. The molecule has 7 N–H and O–H groups in total. The highest BCUT2D eigenvalue weighted by molar-refractivity contribution is 6.31. The molecule has 15 heteroatoms. The largest absolute Gasteiger partial charge is 0.389 e. The zero-order valence-electron chi connectivity index (χ0n) is 62.5. The monoisotopic (exact) mass is 1450 g/mol. The minimum absolute atomic E-state index is 0.131. The number of nitrogen functional groups attached to an aromatic ring is 1. The van der Waals surface area contributed by atoms with Crippen molar-refractivity contribution in [2.24, 2.45) is 27.5 Å². The second kappa shape index (κ2) is 37.8. The fourth-order valence-electron chi connectivity index (χ4n) is 12.2. The van der Waals surface area contributed by atoms with Crippen molar-refractivity contribution in [3.8, 4) is 6.07 Å². The number of hydrogen-bond acceptors (Lipinski definition) is 12. The third-order valence-corrected chi connectivity index (χ3v) is 18.3. The molecule has 0 fully saturated rings. The highest BCUT2D eigenvalue weighted by Crippen LogP contribution is 2.25. The van der Waals surface area contributed by atoms with Crippen molar-refractivity contribution in [2.75, 3.05) is 0 Å². The van der Waals surface area contributed by atoms with Crippen molar-refractivity contribution < 1.29 is 14.1 Å². The maximum Gasteiger partial charge on any atom is 0.170 e. The zero-order chi connectivity index (χ0) is 76.6. The van der Waals surface area contributed by atoms with E-state index in [2.05, 4.69) is 130 Å². The van der Waals surface area contributed by atoms with Crippen molar-refractivity contribution in [1.29, 1.82) is 10.7 Å². The second-order valence-electron chi connectivity index (χ2n) is 26.8. The lowest BCUT2D eigenvalue weighted by atomic mass is 9.96. The molecule has 0 radical (unpaired) electrons. The first kappa shape index (κ1) is 77.9. The Morgan fingerprint density at radius 2 is 0.880 bits per heavy atom. The first-order chi connectivity index (χ1) is 52.1. The van der Waals surface area contributed by atoms with Gasteiger partial charge < -0.3 is 26.9 Å². The SMILES string of the molecule is Cc1cc2ccccc2cc1C#N.Cc1cc2ccccc2cc1C(=N)N.Cc1cc2ccccc2cc1F.Cc1ccc2c(c1)C(N)=NOC2.Cc1ccc2c(c1)C(N)=NOC2.Cc1ccc2c(n1)CCCC2.Cc1ccc2cc(Cl)ccc2c1.Cc1ccc2cccnc2c1.Cc1ccc2cccnc2n1. The first-order valence-corrected chi connectivity index (χ1v) is 36.1. The van der Waals surface area contributed by atoms with Gasteiger partial charge in [0.25, 0.3) is 0 Å². The molecular weight excluding hydrogens is 1360 g/mol. The molecule has 0 bridgehead atoms. The summed E-state index contributed by atoms with van der Waals surface area (Å²) in [6.07, 6.45) is 8.68. The molecule has 6 heterocycles. The molecule has 0 amide bonds. The number of nitrogens with two attached hydrogens (primary N) is 3. The fourth-order valence-corrected chi connectivity index (χ4v) is 12.4. The lowest BCUT2D eigenvalue weighted by molar-refractivity contribution is 0.125. The average molecular weight is 1450 g/mol. The van der Waals surface area contributed by atoms with E-state index in [1.54, 1.807) is 19.2 Å². The molecule has 18 rings (SSSR count). The maximum absolute atomic E-state index is 13.0. The van der Waals surface area contributed by atoms with Gasteiger partial charge in [0.2, 0.25) is 0 Å². The lowest BCUT2D eigenvalue weighted by Crippen LogP contribution is -2.20. The molecule has 1 aliphatic carbocycles. The van der Waals surface area contributed by atoms with Crippen LogP contribution in [0.4, 0.5) is 4.39 Å². The van der Waals surface area contributed by atoms with E-state index in [1.807, 2.05) is 211 Å². The van der Waals surface area contributed by atoms with Crippen molar-refractivity contribution >= 4 is 94.1 Å². The van der Waals surface area contributed by atoms with Gasteiger partial charge in [0.15, 0.2) is 17.3 Å². The van der Waals surface area contributed by atoms with E-state index in [0.29, 0.717) is 30.4 Å². The van der Waals surface area contributed by atoms with E-state index in [9.17, 15) is 4.39 Å². The number of aryl methyl sites for hydroxylation is 11. The van der Waals surface area contributed by atoms with Gasteiger partial charge in [0.1, 0.15) is 24.9 Å². The minimum Gasteiger partial charge on any atom is -0.389 e. The van der Waals surface area contributed by atoms with Gasteiger partial charge in [-0.2, -0.15) is 5.26 Å². The topological polar surface area (TPSA) is 220 Å². The van der Waals surface area contributed by atoms with Gasteiger partial charge in [0.05, 0.1) is 17.1 Å². The predicted octanol–water partition coefficient (Wildman–Crippen LogP) is 21.6. The second-order valence-corrected chi connectivity index (χ2v) is 27.2. The number of pyridine rings is 4. The molecule has 13 nitrogen and oxygen atoms in total. The van der Waals surface area contributed by atoms with Gasteiger partial charge in [-0.1, -0.05) is 196 Å². The van der Waals surface area contributed by atoms with Crippen LogP contribution in [0.15, 0.2) is 271 Å². The molecule has 0 spiro atoms. The predicted molar refractivity (Wildman–Crippen MR) is 445 cm³/mol. The van der Waals surface area contributed by atoms with Crippen LogP contribution in [-0.2, 0) is 35.7 Å². The summed E-state index contributed by atoms with van der Waals surface area (Å²) in [6, 6.07) is 84.7. The van der Waals surface area contributed by atoms with Gasteiger partial charge in [-0.05, 0) is 250 Å². The molecular formula is C93H89ClFN11O2. The normalized spacial score (nSPS) is 11.8. The summed E-state index contributed by atoms with van der Waals surface area (Å²) < 4.78 is 13.0. The van der Waals surface area contributed by atoms with E-state index >= 15 is 0 Å². The molecule has 2 aliphatic heterocycles. The van der Waals surface area contributed by atoms with E-state index < -0.39 is 0 Å². The number of rotatable bonds is 1. The molecule has 15 aromatic rings. The van der Waals surface area contributed by atoms with Crippen LogP contribution < -0.4 is 17.2 Å². The Hall–Kier alpha value is -12.7. The molecule has 108 heavy (non-hydrogen) atoms. The van der Waals surface area contributed by atoms with E-state index in [0.717, 1.165) is 99.0 Å². The Kier molecular flexibility index (Phi) is 27.3. The molecule has 11 aromatic carbocycles. The van der Waals surface area contributed by atoms with Crippen LogP contribution in [0.2, 0.25) is 5.02 Å². The number of nitrogens with one attached hydrogen (secondary N) is 1. The highest BCUT2D eigenvalue weighted by atomic mass is 35.5. The Balaban J connectivity index is 0.000000130. The first-order valence-electron chi connectivity index (χ1n) is 35.7. The number of nitrogens with zero attached hydrogens (tertiary/aromatic N) is 7. The molecule has 0 atom stereocenters. The Morgan fingerprint density at radius 3 is 1.49 bits per heavy atom. The average Bonchev–Trinajstić information content (AvgIpc) is 0.778. The van der Waals surface area contributed by atoms with Crippen LogP contribution in [0.5, 0.6) is 0 Å². The van der Waals surface area contributed by atoms with Crippen LogP contribution in [-0.4, -0.2) is 37.4 Å². The number of fused-ring (bicyclic) bond motifs is 9. The molecule has 3 aliphatic rings. The van der Waals surface area contributed by atoms with Crippen molar-refractivity contribution in [2.45, 2.75) is 101 Å². The summed E-state index contributed by atoms with van der Waals surface area (Å²) in [6.45, 7) is 19.0. The molecule has 0 saturated heterocycles. The summed E-state index contributed by atoms with van der Waals surface area (Å²) in [7, 11) is 0. The van der Waals surface area contributed by atoms with Gasteiger partial charge in [0, 0.05) is 73.1 Å². The van der Waals surface area contributed by atoms with E-state index in [-0.39, 0.29) is 11.7 Å². The summed E-state index contributed by atoms with van der Waals surface area (Å²) in [5.74, 6) is 0.946. The lowest BCUT2D eigenvalue weighted by Gasteiger charge is -2.14. The Labute approximate surface area is 636 Å². The third kappa shape index (κ3) is 21.9. The van der Waals surface area contributed by atoms with E-state index in [4.69, 9.17) is 49.1 Å². The summed E-state index contributed by atoms with van der Waals surface area (Å²) in [5, 5.41) is 35.9. The third-order valence-electron chi connectivity index (χ3n) is 18.1. The minimum atomic E-state index is -0.131. The van der Waals surface area contributed by atoms with Crippen LogP contribution in [0.1, 0.15) is 108 Å². The summed E-state index contributed by atoms with van der Waals surface area (Å²) in [5.41, 5.74) is 37.2. The fraction of sp³-hybridized carbons (Fsp3) is 0.161. The molecule has 542 valence electrons. The Morgan fingerprint density at radius 1 is 0.435 bits per heavy atom. The molecule has 4 aromatic heterocycles. The van der Waals surface area contributed by atoms with Gasteiger partial charge in [-0.25, -0.2) is 14.4 Å². The van der Waals surface area contributed by atoms with Crippen LogP contribution in [0.3, 0.4) is 0 Å². The van der Waals surface area contributed by atoms with Crippen LogP contribution >= 0.6 is 11.6 Å². The number of benzene rings is 11. The quantitative estimate of drug-likeness (QED) is 0.0899. The molecule has 0 unspecified atom stereocenters. The summed E-state index contributed by atoms with van der Waals surface area (Å²) >= 11 is 5.86. The van der Waals surface area contributed by atoms with Crippen molar-refractivity contribution in [1.82, 2.24) is 19.9 Å². The zero-order valence-corrected chi connectivity index (χ0v) is 63.3. The van der Waals surface area contributed by atoms with Crippen molar-refractivity contribution in [3.05, 3.63) is 367 Å².